The van der Waals surface area contributed by atoms with Crippen molar-refractivity contribution in [3.63, 3.8) is 0 Å². The average molecular weight is 546 g/mol. The molecule has 2 aliphatic rings. The fraction of sp³-hybridized carbons (Fsp3) is 0.385. The molecule has 0 radical (unpaired) electrons. The molecule has 5 rings (SSSR count). The maximum Gasteiger partial charge on any atom is 0.273 e. The van der Waals surface area contributed by atoms with Crippen LogP contribution < -0.4 is 9.47 Å². The molecule has 1 aromatic heterocycles. The standard InChI is InChI=1S/C26H28ClN3O6S/c1-3-10-36-20-8-5-15(12-21(20)35-4-2)25-22-23(18-13-16(27)6-7-19(18)31)28-29-24(22)26(32)30(25)17-9-11-37(33,34)14-17/h5-8,12-13,17,25,31H,3-4,9-11,14H2,1-2H3,(H,28,29). The summed E-state index contributed by atoms with van der Waals surface area (Å²) in [5, 5.41) is 18.2. The average Bonchev–Trinajstić information content (AvgIpc) is 3.53. The van der Waals surface area contributed by atoms with Gasteiger partial charge in [-0.2, -0.15) is 5.10 Å². The lowest BCUT2D eigenvalue weighted by atomic mass is 9.94. The summed E-state index contributed by atoms with van der Waals surface area (Å²) in [6.45, 7) is 4.83. The van der Waals surface area contributed by atoms with Gasteiger partial charge in [0.2, 0.25) is 0 Å². The van der Waals surface area contributed by atoms with Crippen LogP contribution in [0.1, 0.15) is 54.3 Å². The monoisotopic (exact) mass is 545 g/mol. The molecule has 2 atom stereocenters. The second-order valence-corrected chi connectivity index (χ2v) is 11.8. The number of aromatic hydroxyl groups is 1. The number of benzene rings is 2. The molecule has 11 heteroatoms. The molecule has 1 fully saturated rings. The number of phenolic OH excluding ortho intramolecular Hbond substituents is 1. The van der Waals surface area contributed by atoms with E-state index in [1.807, 2.05) is 26.0 Å². The Morgan fingerprint density at radius 2 is 1.97 bits per heavy atom. The van der Waals surface area contributed by atoms with Gasteiger partial charge in [-0.05, 0) is 55.7 Å². The molecule has 2 aliphatic heterocycles. The minimum absolute atomic E-state index is 0.0241. The Morgan fingerprint density at radius 3 is 2.68 bits per heavy atom. The zero-order valence-corrected chi connectivity index (χ0v) is 22.1. The molecule has 0 saturated carbocycles. The molecule has 2 N–H and O–H groups in total. The first-order chi connectivity index (χ1) is 17.7. The van der Waals surface area contributed by atoms with Crippen molar-refractivity contribution in [1.29, 1.82) is 0 Å². The summed E-state index contributed by atoms with van der Waals surface area (Å²) in [4.78, 5) is 15.3. The van der Waals surface area contributed by atoms with Gasteiger partial charge < -0.3 is 19.5 Å². The van der Waals surface area contributed by atoms with E-state index >= 15 is 0 Å². The number of hydrogen-bond acceptors (Lipinski definition) is 7. The van der Waals surface area contributed by atoms with Gasteiger partial charge in [0.25, 0.3) is 5.91 Å². The molecule has 0 spiro atoms. The number of phenols is 1. The van der Waals surface area contributed by atoms with E-state index in [-0.39, 0.29) is 28.9 Å². The maximum absolute atomic E-state index is 13.7. The lowest BCUT2D eigenvalue weighted by Crippen LogP contribution is -2.40. The zero-order chi connectivity index (χ0) is 26.3. The van der Waals surface area contributed by atoms with Crippen LogP contribution in [0.5, 0.6) is 17.2 Å². The van der Waals surface area contributed by atoms with E-state index in [2.05, 4.69) is 10.2 Å². The van der Waals surface area contributed by atoms with Crippen molar-refractivity contribution in [1.82, 2.24) is 15.1 Å². The first-order valence-corrected chi connectivity index (χ1v) is 14.4. The molecular weight excluding hydrogens is 518 g/mol. The highest BCUT2D eigenvalue weighted by Crippen LogP contribution is 2.48. The molecule has 0 bridgehead atoms. The summed E-state index contributed by atoms with van der Waals surface area (Å²) >= 11 is 6.22. The number of fused-ring (bicyclic) bond motifs is 1. The molecule has 37 heavy (non-hydrogen) atoms. The molecule has 3 heterocycles. The highest BCUT2D eigenvalue weighted by Gasteiger charge is 2.48. The van der Waals surface area contributed by atoms with E-state index in [1.165, 1.54) is 6.07 Å². The number of H-pyrrole nitrogens is 1. The second-order valence-electron chi connectivity index (χ2n) is 9.18. The molecule has 2 unspecified atom stereocenters. The normalized spacial score (nSPS) is 20.3. The quantitative estimate of drug-likeness (QED) is 0.431. The smallest absolute Gasteiger partial charge is 0.273 e. The number of rotatable bonds is 8. The number of ether oxygens (including phenoxy) is 2. The number of aromatic amines is 1. The molecule has 0 aliphatic carbocycles. The third-order valence-corrected chi connectivity index (χ3v) is 8.65. The number of sulfone groups is 1. The third-order valence-electron chi connectivity index (χ3n) is 6.66. The summed E-state index contributed by atoms with van der Waals surface area (Å²) in [5.74, 6) is 0.657. The molecule has 1 amide bonds. The lowest BCUT2D eigenvalue weighted by molar-refractivity contribution is 0.0677. The van der Waals surface area contributed by atoms with Crippen molar-refractivity contribution in [2.24, 2.45) is 0 Å². The van der Waals surface area contributed by atoms with E-state index in [0.717, 1.165) is 6.42 Å². The molecule has 3 aromatic rings. The van der Waals surface area contributed by atoms with E-state index in [9.17, 15) is 18.3 Å². The van der Waals surface area contributed by atoms with Gasteiger partial charge in [-0.25, -0.2) is 8.42 Å². The van der Waals surface area contributed by atoms with E-state index in [4.69, 9.17) is 21.1 Å². The summed E-state index contributed by atoms with van der Waals surface area (Å²) in [6, 6.07) is 8.94. The van der Waals surface area contributed by atoms with Crippen LogP contribution in [-0.2, 0) is 9.84 Å². The topological polar surface area (TPSA) is 122 Å². The van der Waals surface area contributed by atoms with Crippen LogP contribution >= 0.6 is 11.6 Å². The number of nitrogens with one attached hydrogen (secondary N) is 1. The van der Waals surface area contributed by atoms with Gasteiger partial charge in [-0.3, -0.25) is 9.89 Å². The molecule has 1 saturated heterocycles. The third kappa shape index (κ3) is 4.64. The van der Waals surface area contributed by atoms with Crippen LogP contribution in [0.15, 0.2) is 36.4 Å². The van der Waals surface area contributed by atoms with Gasteiger partial charge in [0, 0.05) is 22.2 Å². The van der Waals surface area contributed by atoms with E-state index in [0.29, 0.717) is 58.5 Å². The number of halogens is 1. The van der Waals surface area contributed by atoms with Crippen molar-refractivity contribution in [2.75, 3.05) is 24.7 Å². The van der Waals surface area contributed by atoms with E-state index in [1.54, 1.807) is 23.1 Å². The van der Waals surface area contributed by atoms with Gasteiger partial charge in [0.05, 0.1) is 30.8 Å². The number of aromatic nitrogens is 2. The van der Waals surface area contributed by atoms with Gasteiger partial charge in [0.1, 0.15) is 17.1 Å². The highest BCUT2D eigenvalue weighted by molar-refractivity contribution is 7.91. The Balaban J connectivity index is 1.68. The van der Waals surface area contributed by atoms with Crippen LogP contribution in [-0.4, -0.2) is 65.3 Å². The fourth-order valence-corrected chi connectivity index (χ4v) is 6.95. The van der Waals surface area contributed by atoms with Crippen molar-refractivity contribution < 1.29 is 27.8 Å². The van der Waals surface area contributed by atoms with Crippen molar-refractivity contribution >= 4 is 27.3 Å². The highest BCUT2D eigenvalue weighted by atomic mass is 35.5. The largest absolute Gasteiger partial charge is 0.507 e. The number of carbonyl (C=O) groups is 1. The first-order valence-electron chi connectivity index (χ1n) is 12.2. The predicted molar refractivity (Wildman–Crippen MR) is 139 cm³/mol. The van der Waals surface area contributed by atoms with Gasteiger partial charge in [-0.15, -0.1) is 0 Å². The maximum atomic E-state index is 13.7. The van der Waals surface area contributed by atoms with Crippen LogP contribution in [0.3, 0.4) is 0 Å². The molecule has 9 nitrogen and oxygen atoms in total. The number of hydrogen-bond donors (Lipinski definition) is 2. The number of nitrogens with zero attached hydrogens (tertiary/aromatic N) is 2. The van der Waals surface area contributed by atoms with Crippen molar-refractivity contribution in [3.8, 4) is 28.5 Å². The Morgan fingerprint density at radius 1 is 1.16 bits per heavy atom. The van der Waals surface area contributed by atoms with Gasteiger partial charge >= 0.3 is 0 Å². The van der Waals surface area contributed by atoms with Crippen LogP contribution in [0.25, 0.3) is 11.3 Å². The SMILES string of the molecule is CCCOc1ccc(C2c3c(-c4cc(Cl)ccc4O)n[nH]c3C(=O)N2C2CCS(=O)(=O)C2)cc1OCC. The Kier molecular flexibility index (Phi) is 6.80. The predicted octanol–water partition coefficient (Wildman–Crippen LogP) is 4.36. The Bertz CT molecular complexity index is 1450. The Labute approximate surface area is 220 Å². The minimum atomic E-state index is -3.26. The lowest BCUT2D eigenvalue weighted by Gasteiger charge is -2.31. The fourth-order valence-electron chi connectivity index (χ4n) is 5.06. The summed E-state index contributed by atoms with van der Waals surface area (Å²) < 4.78 is 36.5. The first kappa shape index (κ1) is 25.4. The number of amides is 1. The molecule has 2 aromatic carbocycles. The summed E-state index contributed by atoms with van der Waals surface area (Å²) in [6.07, 6.45) is 1.18. The zero-order valence-electron chi connectivity index (χ0n) is 20.5. The summed E-state index contributed by atoms with van der Waals surface area (Å²) in [7, 11) is -3.26. The van der Waals surface area contributed by atoms with Crippen LogP contribution in [0.2, 0.25) is 5.02 Å². The van der Waals surface area contributed by atoms with Gasteiger partial charge in [-0.1, -0.05) is 24.6 Å². The van der Waals surface area contributed by atoms with Crippen molar-refractivity contribution in [3.05, 3.63) is 58.2 Å². The van der Waals surface area contributed by atoms with E-state index < -0.39 is 21.9 Å². The Hall–Kier alpha value is -3.24. The van der Waals surface area contributed by atoms with Crippen molar-refractivity contribution in [2.45, 2.75) is 38.8 Å². The minimum Gasteiger partial charge on any atom is -0.507 e. The molecular formula is C26H28ClN3O6S. The van der Waals surface area contributed by atoms with Crippen LogP contribution in [0.4, 0.5) is 0 Å². The van der Waals surface area contributed by atoms with Crippen LogP contribution in [0, 0.1) is 0 Å². The second kappa shape index (κ2) is 9.90. The number of carbonyl (C=O) groups excluding carboxylic acids is 1. The summed E-state index contributed by atoms with van der Waals surface area (Å²) in [5.41, 5.74) is 2.27. The molecule has 196 valence electrons. The van der Waals surface area contributed by atoms with Gasteiger partial charge in [0.15, 0.2) is 21.3 Å².